The lowest BCUT2D eigenvalue weighted by Crippen LogP contribution is -2.28. The Balaban J connectivity index is 1.48. The molecule has 4 rings (SSSR count). The number of nitrogens with zero attached hydrogens (tertiary/aromatic N) is 2. The average molecular weight is 350 g/mol. The highest BCUT2D eigenvalue weighted by atomic mass is 32.1. The minimum absolute atomic E-state index is 0.0194. The summed E-state index contributed by atoms with van der Waals surface area (Å²) in [7, 11) is 0. The van der Waals surface area contributed by atoms with E-state index < -0.39 is 0 Å². The lowest BCUT2D eigenvalue weighted by atomic mass is 9.88. The lowest BCUT2D eigenvalue weighted by molar-refractivity contribution is -0.119. The number of hydrogen-bond donors (Lipinski definition) is 2. The fourth-order valence-corrected chi connectivity index (χ4v) is 3.99. The molecule has 1 saturated heterocycles. The summed E-state index contributed by atoms with van der Waals surface area (Å²) in [5, 5.41) is 6.94. The van der Waals surface area contributed by atoms with Crippen molar-refractivity contribution in [2.45, 2.75) is 5.92 Å². The Kier molecular flexibility index (Phi) is 4.54. The highest BCUT2D eigenvalue weighted by Crippen LogP contribution is 2.31. The highest BCUT2D eigenvalue weighted by molar-refractivity contribution is 7.19. The van der Waals surface area contributed by atoms with E-state index in [1.54, 1.807) is 18.6 Å². The molecule has 1 amide bonds. The summed E-state index contributed by atoms with van der Waals surface area (Å²) >= 11 is 1.47. The van der Waals surface area contributed by atoms with Crippen molar-refractivity contribution in [1.82, 2.24) is 15.3 Å². The Hall–Kier alpha value is -2.57. The van der Waals surface area contributed by atoms with E-state index in [9.17, 15) is 4.79 Å². The molecule has 126 valence electrons. The molecular formula is C19H18N4OS. The number of carbonyl (C=O) groups is 1. The predicted molar refractivity (Wildman–Crippen MR) is 99.5 cm³/mol. The molecule has 2 atom stereocenters. The van der Waals surface area contributed by atoms with Crippen molar-refractivity contribution in [2.24, 2.45) is 5.92 Å². The van der Waals surface area contributed by atoms with Crippen LogP contribution in [0.25, 0.3) is 10.4 Å². The Morgan fingerprint density at radius 2 is 2.00 bits per heavy atom. The molecule has 3 aromatic rings. The van der Waals surface area contributed by atoms with Crippen molar-refractivity contribution in [3.8, 4) is 10.4 Å². The largest absolute Gasteiger partial charge is 0.315 e. The first-order valence-electron chi connectivity index (χ1n) is 8.24. The first kappa shape index (κ1) is 15.9. The van der Waals surface area contributed by atoms with Gasteiger partial charge in [0.25, 0.3) is 0 Å². The monoisotopic (exact) mass is 350 g/mol. The van der Waals surface area contributed by atoms with E-state index in [0.29, 0.717) is 11.7 Å². The van der Waals surface area contributed by atoms with Crippen molar-refractivity contribution >= 4 is 22.4 Å². The van der Waals surface area contributed by atoms with E-state index in [1.165, 1.54) is 16.9 Å². The van der Waals surface area contributed by atoms with Crippen LogP contribution in [-0.2, 0) is 4.79 Å². The number of thiazole rings is 1. The van der Waals surface area contributed by atoms with Crippen molar-refractivity contribution in [3.05, 3.63) is 66.6 Å². The van der Waals surface area contributed by atoms with Crippen LogP contribution >= 0.6 is 11.3 Å². The zero-order valence-electron chi connectivity index (χ0n) is 13.6. The summed E-state index contributed by atoms with van der Waals surface area (Å²) in [5.74, 6) is 0.123. The van der Waals surface area contributed by atoms with Crippen molar-refractivity contribution < 1.29 is 4.79 Å². The molecule has 0 unspecified atom stereocenters. The molecule has 0 aliphatic carbocycles. The number of benzene rings is 1. The average Bonchev–Trinajstić information content (AvgIpc) is 3.33. The van der Waals surface area contributed by atoms with Gasteiger partial charge in [-0.15, -0.1) is 0 Å². The van der Waals surface area contributed by atoms with Crippen LogP contribution in [0.5, 0.6) is 0 Å². The van der Waals surface area contributed by atoms with E-state index in [1.807, 2.05) is 30.3 Å². The Morgan fingerprint density at radius 1 is 1.12 bits per heavy atom. The zero-order valence-corrected chi connectivity index (χ0v) is 14.4. The van der Waals surface area contributed by atoms with E-state index in [4.69, 9.17) is 0 Å². The fraction of sp³-hybridized carbons (Fsp3) is 0.211. The van der Waals surface area contributed by atoms with Gasteiger partial charge in [-0.2, -0.15) is 0 Å². The van der Waals surface area contributed by atoms with Gasteiger partial charge in [-0.25, -0.2) is 4.98 Å². The van der Waals surface area contributed by atoms with Gasteiger partial charge in [0.05, 0.1) is 10.8 Å². The standard InChI is InChI=1S/C19H18N4OS/c24-18(16-11-21-10-15(16)13-5-2-1-3-6-13)23-19-22-12-17(25-19)14-7-4-8-20-9-14/h1-9,12,15-16,21H,10-11H2,(H,22,23,24)/t15-,16+/m1/s1. The van der Waals surface area contributed by atoms with Gasteiger partial charge in [-0.3, -0.25) is 9.78 Å². The maximum Gasteiger partial charge on any atom is 0.231 e. The van der Waals surface area contributed by atoms with Crippen LogP contribution in [-0.4, -0.2) is 29.0 Å². The Morgan fingerprint density at radius 3 is 2.80 bits per heavy atom. The molecule has 0 saturated carbocycles. The fourth-order valence-electron chi connectivity index (χ4n) is 3.18. The molecule has 0 spiro atoms. The molecule has 25 heavy (non-hydrogen) atoms. The van der Waals surface area contributed by atoms with Crippen LogP contribution in [0.4, 0.5) is 5.13 Å². The summed E-state index contributed by atoms with van der Waals surface area (Å²) in [6.45, 7) is 1.51. The molecule has 2 aromatic heterocycles. The third-order valence-corrected chi connectivity index (χ3v) is 5.42. The molecule has 1 aliphatic heterocycles. The number of rotatable bonds is 4. The topological polar surface area (TPSA) is 66.9 Å². The first-order chi connectivity index (χ1) is 12.3. The molecule has 6 heteroatoms. The maximum atomic E-state index is 12.7. The second kappa shape index (κ2) is 7.13. The number of anilines is 1. The molecule has 2 N–H and O–H groups in total. The van der Waals surface area contributed by atoms with Crippen LogP contribution < -0.4 is 10.6 Å². The second-order valence-electron chi connectivity index (χ2n) is 6.04. The Bertz CT molecular complexity index is 850. The molecule has 5 nitrogen and oxygen atoms in total. The van der Waals surface area contributed by atoms with E-state index in [-0.39, 0.29) is 17.7 Å². The molecule has 0 radical (unpaired) electrons. The highest BCUT2D eigenvalue weighted by Gasteiger charge is 2.34. The SMILES string of the molecule is O=C(Nc1ncc(-c2cccnc2)s1)[C@H]1CNC[C@@H]1c1ccccc1. The number of nitrogens with one attached hydrogen (secondary N) is 2. The summed E-state index contributed by atoms with van der Waals surface area (Å²) < 4.78 is 0. The molecule has 3 heterocycles. The van der Waals surface area contributed by atoms with Gasteiger partial charge in [0.2, 0.25) is 5.91 Å². The van der Waals surface area contributed by atoms with E-state index >= 15 is 0 Å². The third-order valence-electron chi connectivity index (χ3n) is 4.46. The van der Waals surface area contributed by atoms with Gasteiger partial charge < -0.3 is 10.6 Å². The van der Waals surface area contributed by atoms with Crippen LogP contribution in [0, 0.1) is 5.92 Å². The van der Waals surface area contributed by atoms with Gasteiger partial charge in [0.15, 0.2) is 5.13 Å². The van der Waals surface area contributed by atoms with Crippen LogP contribution in [0.1, 0.15) is 11.5 Å². The van der Waals surface area contributed by atoms with Gasteiger partial charge in [0, 0.05) is 43.2 Å². The van der Waals surface area contributed by atoms with Crippen LogP contribution in [0.3, 0.4) is 0 Å². The Labute approximate surface area is 150 Å². The number of carbonyl (C=O) groups excluding carboxylic acids is 1. The molecule has 0 bridgehead atoms. The smallest absolute Gasteiger partial charge is 0.231 e. The predicted octanol–water partition coefficient (Wildman–Crippen LogP) is 3.15. The number of amides is 1. The van der Waals surface area contributed by atoms with Crippen molar-refractivity contribution in [2.75, 3.05) is 18.4 Å². The number of aromatic nitrogens is 2. The number of pyridine rings is 1. The third kappa shape index (κ3) is 3.45. The van der Waals surface area contributed by atoms with Crippen LogP contribution in [0.15, 0.2) is 61.1 Å². The van der Waals surface area contributed by atoms with E-state index in [0.717, 1.165) is 17.0 Å². The van der Waals surface area contributed by atoms with Gasteiger partial charge in [-0.1, -0.05) is 47.7 Å². The van der Waals surface area contributed by atoms with Crippen LogP contribution in [0.2, 0.25) is 0 Å². The van der Waals surface area contributed by atoms with Crippen molar-refractivity contribution in [1.29, 1.82) is 0 Å². The summed E-state index contributed by atoms with van der Waals surface area (Å²) in [6.07, 6.45) is 5.31. The van der Waals surface area contributed by atoms with Gasteiger partial charge >= 0.3 is 0 Å². The summed E-state index contributed by atoms with van der Waals surface area (Å²) in [5.41, 5.74) is 2.20. The van der Waals surface area contributed by atoms with E-state index in [2.05, 4.69) is 32.7 Å². The quantitative estimate of drug-likeness (QED) is 0.759. The molecular weight excluding hydrogens is 332 g/mol. The summed E-state index contributed by atoms with van der Waals surface area (Å²) in [6, 6.07) is 14.1. The number of hydrogen-bond acceptors (Lipinski definition) is 5. The van der Waals surface area contributed by atoms with Gasteiger partial charge in [0.1, 0.15) is 0 Å². The first-order valence-corrected chi connectivity index (χ1v) is 9.05. The molecule has 1 fully saturated rings. The maximum absolute atomic E-state index is 12.7. The van der Waals surface area contributed by atoms with Gasteiger partial charge in [-0.05, 0) is 11.6 Å². The summed E-state index contributed by atoms with van der Waals surface area (Å²) in [4.78, 5) is 22.2. The second-order valence-corrected chi connectivity index (χ2v) is 7.07. The molecule has 1 aliphatic rings. The zero-order chi connectivity index (χ0) is 17.1. The van der Waals surface area contributed by atoms with Crippen molar-refractivity contribution in [3.63, 3.8) is 0 Å². The minimum Gasteiger partial charge on any atom is -0.315 e. The minimum atomic E-state index is -0.0897. The lowest BCUT2D eigenvalue weighted by Gasteiger charge is -2.17. The normalized spacial score (nSPS) is 19.7. The molecule has 1 aromatic carbocycles.